The van der Waals surface area contributed by atoms with E-state index in [1.54, 1.807) is 25.1 Å². The zero-order chi connectivity index (χ0) is 17.3. The summed E-state index contributed by atoms with van der Waals surface area (Å²) in [6.45, 7) is 4.41. The third kappa shape index (κ3) is 3.03. The van der Waals surface area contributed by atoms with Crippen molar-refractivity contribution < 1.29 is 9.18 Å². The van der Waals surface area contributed by atoms with E-state index in [1.807, 2.05) is 12.1 Å². The molecule has 1 heterocycles. The summed E-state index contributed by atoms with van der Waals surface area (Å²) in [5, 5.41) is 9.17. The van der Waals surface area contributed by atoms with E-state index in [1.165, 1.54) is 12.1 Å². The number of nitriles is 1. The van der Waals surface area contributed by atoms with Crippen LogP contribution in [0, 0.1) is 17.1 Å². The lowest BCUT2D eigenvalue weighted by molar-refractivity contribution is 0.101. The van der Waals surface area contributed by atoms with Crippen LogP contribution >= 0.6 is 0 Å². The van der Waals surface area contributed by atoms with Gasteiger partial charge in [0.25, 0.3) is 0 Å². The number of anilines is 1. The van der Waals surface area contributed by atoms with Crippen molar-refractivity contribution in [3.63, 3.8) is 0 Å². The molecule has 0 saturated carbocycles. The first-order valence-electron chi connectivity index (χ1n) is 8.06. The second kappa shape index (κ2) is 6.45. The Labute approximate surface area is 141 Å². The summed E-state index contributed by atoms with van der Waals surface area (Å²) in [5.41, 5.74) is 3.11. The highest BCUT2D eigenvalue weighted by Gasteiger charge is 2.32. The van der Waals surface area contributed by atoms with E-state index in [4.69, 9.17) is 5.26 Å². The fourth-order valence-corrected chi connectivity index (χ4v) is 3.48. The van der Waals surface area contributed by atoms with E-state index in [0.717, 1.165) is 24.2 Å². The Bertz CT molecular complexity index is 807. The molecule has 0 bridgehead atoms. The first-order valence-corrected chi connectivity index (χ1v) is 8.06. The maximum Gasteiger partial charge on any atom is 0.161 e. The smallest absolute Gasteiger partial charge is 0.161 e. The lowest BCUT2D eigenvalue weighted by Crippen LogP contribution is -2.28. The maximum absolute atomic E-state index is 13.1. The number of benzene rings is 2. The molecule has 3 nitrogen and oxygen atoms in total. The number of ketones is 1. The molecule has 1 fully saturated rings. The number of Topliss-reactive ketones (excluding diaryl/α,β-unsaturated/α-hetero) is 1. The maximum atomic E-state index is 13.1. The largest absolute Gasteiger partial charge is 0.368 e. The highest BCUT2D eigenvalue weighted by Crippen LogP contribution is 2.37. The number of nitrogens with zero attached hydrogens (tertiary/aromatic N) is 2. The molecule has 1 aliphatic rings. The van der Waals surface area contributed by atoms with Crippen molar-refractivity contribution in [2.24, 2.45) is 0 Å². The molecule has 2 unspecified atom stereocenters. The van der Waals surface area contributed by atoms with E-state index in [2.05, 4.69) is 17.9 Å². The number of carbonyl (C=O) groups excluding carboxylic acids is 1. The van der Waals surface area contributed by atoms with Crippen molar-refractivity contribution in [3.05, 3.63) is 65.0 Å². The molecule has 1 saturated heterocycles. The quantitative estimate of drug-likeness (QED) is 0.792. The summed E-state index contributed by atoms with van der Waals surface area (Å²) in [6, 6.07) is 14.2. The zero-order valence-electron chi connectivity index (χ0n) is 13.8. The molecule has 24 heavy (non-hydrogen) atoms. The second-order valence-corrected chi connectivity index (χ2v) is 6.39. The third-order valence-electron chi connectivity index (χ3n) is 4.73. The van der Waals surface area contributed by atoms with Crippen molar-refractivity contribution in [2.45, 2.75) is 32.2 Å². The molecule has 2 aromatic carbocycles. The van der Waals surface area contributed by atoms with E-state index in [-0.39, 0.29) is 23.6 Å². The van der Waals surface area contributed by atoms with Gasteiger partial charge in [-0.25, -0.2) is 4.39 Å². The first kappa shape index (κ1) is 16.2. The molecule has 0 N–H and O–H groups in total. The number of carbonyl (C=O) groups is 1. The SMILES string of the molecule is CC(=O)c1ccc(C#N)cc1N1CC(c2ccc(F)cc2)CC1C. The van der Waals surface area contributed by atoms with Gasteiger partial charge in [0, 0.05) is 29.8 Å². The Morgan fingerprint density at radius 1 is 1.25 bits per heavy atom. The molecule has 0 spiro atoms. The molecule has 2 aromatic rings. The summed E-state index contributed by atoms with van der Waals surface area (Å²) in [6.07, 6.45) is 0.930. The van der Waals surface area contributed by atoms with Crippen LogP contribution in [-0.4, -0.2) is 18.4 Å². The van der Waals surface area contributed by atoms with Crippen LogP contribution in [0.25, 0.3) is 0 Å². The lowest BCUT2D eigenvalue weighted by Gasteiger charge is -2.26. The van der Waals surface area contributed by atoms with Gasteiger partial charge in [0.05, 0.1) is 11.6 Å². The van der Waals surface area contributed by atoms with Crippen LogP contribution in [0.1, 0.15) is 47.7 Å². The van der Waals surface area contributed by atoms with Crippen molar-refractivity contribution in [3.8, 4) is 6.07 Å². The first-order chi connectivity index (χ1) is 11.5. The standard InChI is InChI=1S/C20H19FN2O/c1-13-9-17(16-4-6-18(21)7-5-16)12-23(13)20-10-15(11-22)3-8-19(20)14(2)24/h3-8,10,13,17H,9,12H2,1-2H3. The zero-order valence-corrected chi connectivity index (χ0v) is 13.8. The van der Waals surface area contributed by atoms with E-state index >= 15 is 0 Å². The predicted octanol–water partition coefficient (Wildman–Crippen LogP) is 4.28. The minimum Gasteiger partial charge on any atom is -0.368 e. The van der Waals surface area contributed by atoms with Gasteiger partial charge < -0.3 is 4.90 Å². The Balaban J connectivity index is 1.94. The van der Waals surface area contributed by atoms with Gasteiger partial charge >= 0.3 is 0 Å². The monoisotopic (exact) mass is 322 g/mol. The van der Waals surface area contributed by atoms with Crippen LogP contribution in [0.5, 0.6) is 0 Å². The molecule has 0 amide bonds. The molecule has 1 aliphatic heterocycles. The van der Waals surface area contributed by atoms with Gasteiger partial charge in [0.2, 0.25) is 0 Å². The summed E-state index contributed by atoms with van der Waals surface area (Å²) in [5.74, 6) is 0.0420. The Morgan fingerprint density at radius 3 is 2.58 bits per heavy atom. The highest BCUT2D eigenvalue weighted by molar-refractivity contribution is 6.00. The van der Waals surface area contributed by atoms with Gasteiger partial charge in [0.1, 0.15) is 5.82 Å². The van der Waals surface area contributed by atoms with Crippen LogP contribution in [0.4, 0.5) is 10.1 Å². The van der Waals surface area contributed by atoms with Crippen molar-refractivity contribution in [1.82, 2.24) is 0 Å². The summed E-state index contributed by atoms with van der Waals surface area (Å²) in [7, 11) is 0. The van der Waals surface area contributed by atoms with Crippen LogP contribution in [-0.2, 0) is 0 Å². The summed E-state index contributed by atoms with van der Waals surface area (Å²) >= 11 is 0. The van der Waals surface area contributed by atoms with Gasteiger partial charge in [-0.2, -0.15) is 5.26 Å². The van der Waals surface area contributed by atoms with Crippen molar-refractivity contribution >= 4 is 11.5 Å². The molecule has 4 heteroatoms. The minimum atomic E-state index is -0.234. The molecular weight excluding hydrogens is 303 g/mol. The summed E-state index contributed by atoms with van der Waals surface area (Å²) < 4.78 is 13.1. The van der Waals surface area contributed by atoms with Crippen LogP contribution < -0.4 is 4.90 Å². The number of hydrogen-bond acceptors (Lipinski definition) is 3. The van der Waals surface area contributed by atoms with E-state index < -0.39 is 0 Å². The van der Waals surface area contributed by atoms with Crippen molar-refractivity contribution in [1.29, 1.82) is 5.26 Å². The summed E-state index contributed by atoms with van der Waals surface area (Å²) in [4.78, 5) is 14.2. The molecule has 3 rings (SSSR count). The topological polar surface area (TPSA) is 44.1 Å². The van der Waals surface area contributed by atoms with Crippen molar-refractivity contribution in [2.75, 3.05) is 11.4 Å². The average Bonchev–Trinajstić information content (AvgIpc) is 2.96. The van der Waals surface area contributed by atoms with Gasteiger partial charge in [-0.15, -0.1) is 0 Å². The van der Waals surface area contributed by atoms with Gasteiger partial charge in [-0.05, 0) is 56.2 Å². The number of rotatable bonds is 3. The molecule has 122 valence electrons. The molecule has 0 aromatic heterocycles. The van der Waals surface area contributed by atoms with Crippen LogP contribution in [0.15, 0.2) is 42.5 Å². The van der Waals surface area contributed by atoms with E-state index in [0.29, 0.717) is 11.1 Å². The third-order valence-corrected chi connectivity index (χ3v) is 4.73. The molecule has 0 radical (unpaired) electrons. The molecular formula is C20H19FN2O. The fraction of sp³-hybridized carbons (Fsp3) is 0.300. The minimum absolute atomic E-state index is 0.00748. The normalized spacial score (nSPS) is 20.0. The van der Waals surface area contributed by atoms with E-state index in [9.17, 15) is 9.18 Å². The Kier molecular flexibility index (Phi) is 4.35. The Morgan fingerprint density at radius 2 is 1.96 bits per heavy atom. The molecule has 2 atom stereocenters. The average molecular weight is 322 g/mol. The second-order valence-electron chi connectivity index (χ2n) is 6.39. The molecule has 0 aliphatic carbocycles. The Hall–Kier alpha value is -2.67. The highest BCUT2D eigenvalue weighted by atomic mass is 19.1. The number of hydrogen-bond donors (Lipinski definition) is 0. The van der Waals surface area contributed by atoms with Gasteiger partial charge in [-0.3, -0.25) is 4.79 Å². The van der Waals surface area contributed by atoms with Crippen LogP contribution in [0.2, 0.25) is 0 Å². The lowest BCUT2D eigenvalue weighted by atomic mass is 9.97. The predicted molar refractivity (Wildman–Crippen MR) is 91.7 cm³/mol. The van der Waals surface area contributed by atoms with Gasteiger partial charge in [-0.1, -0.05) is 12.1 Å². The fourth-order valence-electron chi connectivity index (χ4n) is 3.48. The van der Waals surface area contributed by atoms with Crippen LogP contribution in [0.3, 0.4) is 0 Å². The van der Waals surface area contributed by atoms with Gasteiger partial charge in [0.15, 0.2) is 5.78 Å². The number of halogens is 1.